The van der Waals surface area contributed by atoms with Gasteiger partial charge in [0, 0.05) is 18.7 Å². The summed E-state index contributed by atoms with van der Waals surface area (Å²) in [5, 5.41) is 11.0. The number of amides is 1. The first-order chi connectivity index (χ1) is 14.5. The first-order valence-electron chi connectivity index (χ1n) is 10.2. The van der Waals surface area contributed by atoms with Gasteiger partial charge in [0.2, 0.25) is 0 Å². The standard InChI is InChI=1S/C24H28N2O4/c1-4-25(5-2)15-16-26-21(17-9-7-6-8-10-17)20(23(28)24(26)29)22(27)18-11-13-19(30-3)14-12-18/h6-14,21,27H,4-5,15-16H2,1-3H3/t21-/m1/s1. The van der Waals surface area contributed by atoms with E-state index >= 15 is 0 Å². The first-order valence-corrected chi connectivity index (χ1v) is 10.2. The van der Waals surface area contributed by atoms with E-state index in [4.69, 9.17) is 4.74 Å². The average molecular weight is 408 g/mol. The maximum absolute atomic E-state index is 13.0. The van der Waals surface area contributed by atoms with Crippen LogP contribution in [0.4, 0.5) is 0 Å². The maximum Gasteiger partial charge on any atom is 0.295 e. The molecule has 30 heavy (non-hydrogen) atoms. The molecule has 1 heterocycles. The van der Waals surface area contributed by atoms with Crippen LogP contribution in [0.2, 0.25) is 0 Å². The smallest absolute Gasteiger partial charge is 0.295 e. The van der Waals surface area contributed by atoms with E-state index in [9.17, 15) is 14.7 Å². The summed E-state index contributed by atoms with van der Waals surface area (Å²) in [6.45, 7) is 6.92. The number of carbonyl (C=O) groups is 2. The van der Waals surface area contributed by atoms with E-state index in [0.717, 1.165) is 18.7 Å². The third-order valence-corrected chi connectivity index (χ3v) is 5.57. The number of ether oxygens (including phenoxy) is 1. The van der Waals surface area contributed by atoms with Gasteiger partial charge < -0.3 is 19.6 Å². The molecule has 6 heteroatoms. The van der Waals surface area contributed by atoms with Crippen LogP contribution in [0.1, 0.15) is 31.0 Å². The Morgan fingerprint density at radius 2 is 1.67 bits per heavy atom. The molecule has 1 aliphatic rings. The molecule has 0 radical (unpaired) electrons. The van der Waals surface area contributed by atoms with Crippen LogP contribution in [0.25, 0.3) is 5.76 Å². The number of Topliss-reactive ketones (excluding diaryl/α,β-unsaturated/α-hetero) is 1. The highest BCUT2D eigenvalue weighted by Crippen LogP contribution is 2.39. The van der Waals surface area contributed by atoms with E-state index in [1.165, 1.54) is 0 Å². The number of aliphatic hydroxyl groups is 1. The van der Waals surface area contributed by atoms with Crippen molar-refractivity contribution in [2.45, 2.75) is 19.9 Å². The number of likely N-dealkylation sites (N-methyl/N-ethyl adjacent to an activating group) is 1. The molecule has 158 valence electrons. The Labute approximate surface area is 177 Å². The molecule has 0 aromatic heterocycles. The molecule has 0 bridgehead atoms. The fourth-order valence-corrected chi connectivity index (χ4v) is 3.79. The quantitative estimate of drug-likeness (QED) is 0.412. The minimum absolute atomic E-state index is 0.121. The molecule has 6 nitrogen and oxygen atoms in total. The molecule has 1 N–H and O–H groups in total. The molecule has 0 aliphatic carbocycles. The molecule has 3 rings (SSSR count). The Kier molecular flexibility index (Phi) is 6.90. The molecule has 1 atom stereocenters. The molecule has 0 saturated carbocycles. The van der Waals surface area contributed by atoms with Crippen molar-refractivity contribution in [3.63, 3.8) is 0 Å². The minimum Gasteiger partial charge on any atom is -0.507 e. The van der Waals surface area contributed by atoms with Gasteiger partial charge in [0.05, 0.1) is 18.7 Å². The van der Waals surface area contributed by atoms with Crippen molar-refractivity contribution in [3.8, 4) is 5.75 Å². The van der Waals surface area contributed by atoms with Gasteiger partial charge in [0.25, 0.3) is 11.7 Å². The lowest BCUT2D eigenvalue weighted by Gasteiger charge is -2.28. The van der Waals surface area contributed by atoms with Gasteiger partial charge in [0.15, 0.2) is 0 Å². The molecular formula is C24H28N2O4. The van der Waals surface area contributed by atoms with Gasteiger partial charge in [-0.15, -0.1) is 0 Å². The van der Waals surface area contributed by atoms with E-state index in [-0.39, 0.29) is 11.3 Å². The zero-order valence-electron chi connectivity index (χ0n) is 17.7. The zero-order valence-corrected chi connectivity index (χ0v) is 17.7. The Morgan fingerprint density at radius 3 is 2.23 bits per heavy atom. The summed E-state index contributed by atoms with van der Waals surface area (Å²) in [5.41, 5.74) is 1.39. The second-order valence-electron chi connectivity index (χ2n) is 7.16. The highest BCUT2D eigenvalue weighted by Gasteiger charge is 2.45. The van der Waals surface area contributed by atoms with Gasteiger partial charge in [-0.2, -0.15) is 0 Å². The molecule has 2 aromatic rings. The van der Waals surface area contributed by atoms with Gasteiger partial charge >= 0.3 is 0 Å². The van der Waals surface area contributed by atoms with Gasteiger partial charge in [-0.1, -0.05) is 44.2 Å². The summed E-state index contributed by atoms with van der Waals surface area (Å²) in [7, 11) is 1.56. The van der Waals surface area contributed by atoms with Crippen molar-refractivity contribution >= 4 is 17.4 Å². The van der Waals surface area contributed by atoms with Crippen LogP contribution >= 0.6 is 0 Å². The minimum atomic E-state index is -0.656. The largest absolute Gasteiger partial charge is 0.507 e. The normalized spacial score (nSPS) is 18.3. The Bertz CT molecular complexity index is 918. The second kappa shape index (κ2) is 9.59. The highest BCUT2D eigenvalue weighted by molar-refractivity contribution is 6.46. The van der Waals surface area contributed by atoms with Gasteiger partial charge in [-0.05, 0) is 42.9 Å². The molecule has 1 aliphatic heterocycles. The van der Waals surface area contributed by atoms with Crippen molar-refractivity contribution in [3.05, 3.63) is 71.3 Å². The molecule has 1 saturated heterocycles. The van der Waals surface area contributed by atoms with Crippen LogP contribution in [-0.2, 0) is 9.59 Å². The summed E-state index contributed by atoms with van der Waals surface area (Å²) in [4.78, 5) is 29.7. The van der Waals surface area contributed by atoms with E-state index in [1.807, 2.05) is 30.3 Å². The number of rotatable bonds is 8. The van der Waals surface area contributed by atoms with Crippen LogP contribution in [0.3, 0.4) is 0 Å². The lowest BCUT2D eigenvalue weighted by Crippen LogP contribution is -2.38. The number of nitrogens with zero attached hydrogens (tertiary/aromatic N) is 2. The predicted octanol–water partition coefficient (Wildman–Crippen LogP) is 3.46. The average Bonchev–Trinajstić information content (AvgIpc) is 3.05. The van der Waals surface area contributed by atoms with E-state index < -0.39 is 17.7 Å². The molecule has 1 fully saturated rings. The number of hydrogen-bond acceptors (Lipinski definition) is 5. The summed E-state index contributed by atoms with van der Waals surface area (Å²) in [6.07, 6.45) is 0. The fourth-order valence-electron chi connectivity index (χ4n) is 3.79. The second-order valence-corrected chi connectivity index (χ2v) is 7.16. The van der Waals surface area contributed by atoms with E-state index in [1.54, 1.807) is 36.3 Å². The highest BCUT2D eigenvalue weighted by atomic mass is 16.5. The maximum atomic E-state index is 13.0. The van der Waals surface area contributed by atoms with E-state index in [2.05, 4.69) is 18.7 Å². The molecule has 0 unspecified atom stereocenters. The van der Waals surface area contributed by atoms with Crippen molar-refractivity contribution in [1.29, 1.82) is 0 Å². The van der Waals surface area contributed by atoms with Crippen LogP contribution in [0, 0.1) is 0 Å². The number of likely N-dealkylation sites (tertiary alicyclic amines) is 1. The van der Waals surface area contributed by atoms with Crippen molar-refractivity contribution < 1.29 is 19.4 Å². The molecule has 1 amide bonds. The Hall–Kier alpha value is -3.12. The lowest BCUT2D eigenvalue weighted by molar-refractivity contribution is -0.140. The summed E-state index contributed by atoms with van der Waals surface area (Å²) in [5.74, 6) is -0.760. The van der Waals surface area contributed by atoms with Crippen LogP contribution in [0.15, 0.2) is 60.2 Å². The van der Waals surface area contributed by atoms with Gasteiger partial charge in [-0.3, -0.25) is 9.59 Å². The Morgan fingerprint density at radius 1 is 1.03 bits per heavy atom. The summed E-state index contributed by atoms with van der Waals surface area (Å²) < 4.78 is 5.16. The SMILES string of the molecule is CCN(CC)CCN1C(=O)C(=O)C(=C(O)c2ccc(OC)cc2)[C@H]1c1ccccc1. The summed E-state index contributed by atoms with van der Waals surface area (Å²) in [6, 6.07) is 15.5. The molecule has 2 aromatic carbocycles. The topological polar surface area (TPSA) is 70.1 Å². The molecular weight excluding hydrogens is 380 g/mol. The number of carbonyl (C=O) groups excluding carboxylic acids is 2. The van der Waals surface area contributed by atoms with Crippen molar-refractivity contribution in [1.82, 2.24) is 9.80 Å². The number of methoxy groups -OCH3 is 1. The molecule has 0 spiro atoms. The number of hydrogen-bond donors (Lipinski definition) is 1. The van der Waals surface area contributed by atoms with Gasteiger partial charge in [0.1, 0.15) is 11.5 Å². The van der Waals surface area contributed by atoms with Crippen molar-refractivity contribution in [2.24, 2.45) is 0 Å². The lowest BCUT2D eigenvalue weighted by atomic mass is 9.95. The first kappa shape index (κ1) is 21.6. The number of benzene rings is 2. The Balaban J connectivity index is 2.05. The number of ketones is 1. The van der Waals surface area contributed by atoms with Crippen LogP contribution in [0.5, 0.6) is 5.75 Å². The summed E-state index contributed by atoms with van der Waals surface area (Å²) >= 11 is 0. The predicted molar refractivity (Wildman–Crippen MR) is 116 cm³/mol. The van der Waals surface area contributed by atoms with Crippen molar-refractivity contribution in [2.75, 3.05) is 33.3 Å². The van der Waals surface area contributed by atoms with E-state index in [0.29, 0.717) is 24.4 Å². The van der Waals surface area contributed by atoms with Crippen LogP contribution in [-0.4, -0.2) is 59.9 Å². The fraction of sp³-hybridized carbons (Fsp3) is 0.333. The zero-order chi connectivity index (χ0) is 21.7. The third-order valence-electron chi connectivity index (χ3n) is 5.57. The van der Waals surface area contributed by atoms with Gasteiger partial charge in [-0.25, -0.2) is 0 Å². The number of aliphatic hydroxyl groups excluding tert-OH is 1. The third kappa shape index (κ3) is 4.24. The monoisotopic (exact) mass is 408 g/mol. The van der Waals surface area contributed by atoms with Crippen LogP contribution < -0.4 is 4.74 Å².